The highest BCUT2D eigenvalue weighted by Gasteiger charge is 2.54. The van der Waals surface area contributed by atoms with E-state index in [1.54, 1.807) is 0 Å². The molecule has 0 bridgehead atoms. The van der Waals surface area contributed by atoms with E-state index in [4.69, 9.17) is 14.0 Å². The quantitative estimate of drug-likeness (QED) is 0.362. The van der Waals surface area contributed by atoms with Gasteiger partial charge in [-0.3, -0.25) is 4.79 Å². The SMILES string of the molecule is CCCCCCCCOc1ccc(C(CC(=O)O)B2OC(C)(C)C(C)(C)O2)cc1. The molecule has 2 rings (SSSR count). The summed E-state index contributed by atoms with van der Waals surface area (Å²) in [5, 5.41) is 9.41. The van der Waals surface area contributed by atoms with E-state index in [2.05, 4.69) is 6.92 Å². The largest absolute Gasteiger partial charge is 0.494 e. The van der Waals surface area contributed by atoms with Gasteiger partial charge < -0.3 is 19.2 Å². The van der Waals surface area contributed by atoms with Crippen molar-refractivity contribution in [2.45, 2.75) is 96.6 Å². The van der Waals surface area contributed by atoms with Gasteiger partial charge in [0.15, 0.2) is 0 Å². The fourth-order valence-electron chi connectivity index (χ4n) is 3.50. The monoisotopic (exact) mass is 404 g/mol. The molecule has 1 fully saturated rings. The smallest absolute Gasteiger partial charge is 0.466 e. The number of hydrogen-bond acceptors (Lipinski definition) is 4. The minimum Gasteiger partial charge on any atom is -0.494 e. The van der Waals surface area contributed by atoms with Crippen molar-refractivity contribution in [3.8, 4) is 5.75 Å². The number of unbranched alkanes of at least 4 members (excludes halogenated alkanes) is 5. The molecule has 5 nitrogen and oxygen atoms in total. The molecule has 1 unspecified atom stereocenters. The summed E-state index contributed by atoms with van der Waals surface area (Å²) in [5.41, 5.74) is -0.0961. The molecule has 1 aliphatic rings. The number of carbonyl (C=O) groups is 1. The Balaban J connectivity index is 1.94. The number of aliphatic carboxylic acids is 1. The Bertz CT molecular complexity index is 625. The Kier molecular flexibility index (Phi) is 8.59. The number of hydrogen-bond donors (Lipinski definition) is 1. The summed E-state index contributed by atoms with van der Waals surface area (Å²) < 4.78 is 18.1. The average molecular weight is 404 g/mol. The van der Waals surface area contributed by atoms with Crippen LogP contribution in [0.5, 0.6) is 5.75 Å². The Morgan fingerprint density at radius 3 is 2.10 bits per heavy atom. The Morgan fingerprint density at radius 1 is 1.00 bits per heavy atom. The molecule has 6 heteroatoms. The molecule has 1 heterocycles. The summed E-state index contributed by atoms with van der Waals surface area (Å²) in [6.07, 6.45) is 7.34. The first-order chi connectivity index (χ1) is 13.7. The van der Waals surface area contributed by atoms with Crippen LogP contribution >= 0.6 is 0 Å². The Labute approximate surface area is 176 Å². The molecule has 0 amide bonds. The summed E-state index contributed by atoms with van der Waals surface area (Å²) in [6, 6.07) is 7.67. The van der Waals surface area contributed by atoms with E-state index < -0.39 is 24.3 Å². The molecule has 1 aromatic carbocycles. The van der Waals surface area contributed by atoms with Crippen LogP contribution in [-0.4, -0.2) is 36.0 Å². The molecule has 162 valence electrons. The first kappa shape index (κ1) is 23.8. The lowest BCUT2D eigenvalue weighted by Gasteiger charge is -2.32. The lowest BCUT2D eigenvalue weighted by Crippen LogP contribution is -2.41. The Hall–Kier alpha value is -1.53. The first-order valence-electron chi connectivity index (χ1n) is 11.0. The predicted molar refractivity (Wildman–Crippen MR) is 116 cm³/mol. The lowest BCUT2D eigenvalue weighted by molar-refractivity contribution is -0.137. The van der Waals surface area contributed by atoms with Gasteiger partial charge in [-0.25, -0.2) is 0 Å². The average Bonchev–Trinajstić information content (AvgIpc) is 2.87. The van der Waals surface area contributed by atoms with E-state index in [1.807, 2.05) is 52.0 Å². The minimum atomic E-state index is -0.867. The van der Waals surface area contributed by atoms with Crippen LogP contribution in [0.3, 0.4) is 0 Å². The Morgan fingerprint density at radius 2 is 1.55 bits per heavy atom. The number of benzene rings is 1. The second-order valence-corrected chi connectivity index (χ2v) is 9.01. The molecule has 1 aliphatic heterocycles. The summed E-state index contributed by atoms with van der Waals surface area (Å²) in [5.74, 6) is -0.431. The normalized spacial score (nSPS) is 18.6. The van der Waals surface area contributed by atoms with Gasteiger partial charge in [0.2, 0.25) is 0 Å². The van der Waals surface area contributed by atoms with Crippen molar-refractivity contribution in [3.63, 3.8) is 0 Å². The van der Waals surface area contributed by atoms with Gasteiger partial charge in [-0.2, -0.15) is 0 Å². The zero-order chi connectivity index (χ0) is 21.5. The van der Waals surface area contributed by atoms with E-state index in [0.717, 1.165) is 17.7 Å². The second kappa shape index (κ2) is 10.5. The standard InChI is InChI=1S/C23H37BO5/c1-6-7-8-9-10-11-16-27-19-14-12-18(13-15-19)20(17-21(25)26)24-28-22(2,3)23(4,5)29-24/h12-15,20H,6-11,16-17H2,1-5H3,(H,25,26). The fourth-order valence-corrected chi connectivity index (χ4v) is 3.50. The van der Waals surface area contributed by atoms with Crippen molar-refractivity contribution < 1.29 is 23.9 Å². The van der Waals surface area contributed by atoms with Gasteiger partial charge in [0.1, 0.15) is 5.75 Å². The molecule has 0 aromatic heterocycles. The van der Waals surface area contributed by atoms with Crippen molar-refractivity contribution in [3.05, 3.63) is 29.8 Å². The van der Waals surface area contributed by atoms with Crippen molar-refractivity contribution in [1.82, 2.24) is 0 Å². The third-order valence-corrected chi connectivity index (χ3v) is 6.07. The zero-order valence-corrected chi connectivity index (χ0v) is 18.7. The predicted octanol–water partition coefficient (Wildman–Crippen LogP) is 5.62. The van der Waals surface area contributed by atoms with Crippen LogP contribution in [0.4, 0.5) is 0 Å². The molecule has 1 saturated heterocycles. The van der Waals surface area contributed by atoms with Crippen molar-refractivity contribution in [2.75, 3.05) is 6.61 Å². The third-order valence-electron chi connectivity index (χ3n) is 6.07. The van der Waals surface area contributed by atoms with Crippen LogP contribution < -0.4 is 4.74 Å². The van der Waals surface area contributed by atoms with E-state index in [0.29, 0.717) is 6.61 Å². The molecule has 0 spiro atoms. The van der Waals surface area contributed by atoms with Gasteiger partial charge in [-0.15, -0.1) is 0 Å². The highest BCUT2D eigenvalue weighted by Crippen LogP contribution is 2.41. The molecule has 0 radical (unpaired) electrons. The molecule has 1 N–H and O–H groups in total. The minimum absolute atomic E-state index is 0.0468. The van der Waals surface area contributed by atoms with Crippen molar-refractivity contribution in [1.29, 1.82) is 0 Å². The second-order valence-electron chi connectivity index (χ2n) is 9.01. The summed E-state index contributed by atoms with van der Waals surface area (Å²) in [6.45, 7) is 10.8. The lowest BCUT2D eigenvalue weighted by atomic mass is 9.66. The van der Waals surface area contributed by atoms with E-state index in [1.165, 1.54) is 32.1 Å². The van der Waals surface area contributed by atoms with E-state index >= 15 is 0 Å². The van der Waals surface area contributed by atoms with Gasteiger partial charge in [-0.05, 0) is 51.8 Å². The molecule has 0 aliphatic carbocycles. The molecule has 1 atom stereocenters. The van der Waals surface area contributed by atoms with Crippen molar-refractivity contribution >= 4 is 13.1 Å². The van der Waals surface area contributed by atoms with Crippen LogP contribution in [0.25, 0.3) is 0 Å². The topological polar surface area (TPSA) is 65.0 Å². The molecular formula is C23H37BO5. The van der Waals surface area contributed by atoms with E-state index in [-0.39, 0.29) is 12.2 Å². The zero-order valence-electron chi connectivity index (χ0n) is 18.7. The van der Waals surface area contributed by atoms with Crippen molar-refractivity contribution in [2.24, 2.45) is 0 Å². The van der Waals surface area contributed by atoms with Crippen LogP contribution in [0.15, 0.2) is 24.3 Å². The number of carboxylic acids is 1. The third kappa shape index (κ3) is 6.75. The van der Waals surface area contributed by atoms with Crippen LogP contribution in [0.2, 0.25) is 0 Å². The highest BCUT2D eigenvalue weighted by atomic mass is 16.7. The maximum atomic E-state index is 11.5. The summed E-state index contributed by atoms with van der Waals surface area (Å²) in [7, 11) is -0.592. The molecular weight excluding hydrogens is 367 g/mol. The first-order valence-corrected chi connectivity index (χ1v) is 11.0. The van der Waals surface area contributed by atoms with Gasteiger partial charge in [-0.1, -0.05) is 51.2 Å². The van der Waals surface area contributed by atoms with Gasteiger partial charge >= 0.3 is 13.1 Å². The summed E-state index contributed by atoms with van der Waals surface area (Å²) >= 11 is 0. The maximum absolute atomic E-state index is 11.5. The molecule has 29 heavy (non-hydrogen) atoms. The van der Waals surface area contributed by atoms with Gasteiger partial charge in [0.25, 0.3) is 0 Å². The summed E-state index contributed by atoms with van der Waals surface area (Å²) in [4.78, 5) is 11.5. The van der Waals surface area contributed by atoms with Crippen LogP contribution in [0.1, 0.15) is 90.9 Å². The number of rotatable bonds is 12. The molecule has 0 saturated carbocycles. The van der Waals surface area contributed by atoms with Crippen LogP contribution in [0, 0.1) is 0 Å². The van der Waals surface area contributed by atoms with Gasteiger partial charge in [0.05, 0.1) is 24.2 Å². The molecule has 1 aromatic rings. The van der Waals surface area contributed by atoms with E-state index in [9.17, 15) is 9.90 Å². The number of ether oxygens (including phenoxy) is 1. The highest BCUT2D eigenvalue weighted by molar-refractivity contribution is 6.48. The fraction of sp³-hybridized carbons (Fsp3) is 0.696. The van der Waals surface area contributed by atoms with Gasteiger partial charge in [0, 0.05) is 5.82 Å². The number of carboxylic acid groups (broad SMARTS) is 1. The maximum Gasteiger partial charge on any atom is 0.466 e. The van der Waals surface area contributed by atoms with Crippen LogP contribution in [-0.2, 0) is 14.1 Å².